The van der Waals surface area contributed by atoms with Gasteiger partial charge >= 0.3 is 0 Å². The highest BCUT2D eigenvalue weighted by Gasteiger charge is 2.20. The van der Waals surface area contributed by atoms with Crippen molar-refractivity contribution in [2.24, 2.45) is 5.73 Å². The number of likely N-dealkylation sites (tertiary alicyclic amines) is 1. The van der Waals surface area contributed by atoms with Crippen molar-refractivity contribution in [1.82, 2.24) is 14.9 Å². The third-order valence-corrected chi connectivity index (χ3v) is 7.60. The first-order valence-electron chi connectivity index (χ1n) is 11.2. The van der Waals surface area contributed by atoms with Gasteiger partial charge in [-0.2, -0.15) is 0 Å². The highest BCUT2D eigenvalue weighted by molar-refractivity contribution is 7.16. The summed E-state index contributed by atoms with van der Waals surface area (Å²) in [5.74, 6) is 0.290. The van der Waals surface area contributed by atoms with Crippen LogP contribution < -0.4 is 10.5 Å². The molecule has 3 aromatic rings. The maximum Gasteiger partial charge on any atom is 0.248 e. The predicted molar refractivity (Wildman–Crippen MR) is 132 cm³/mol. The number of hydrogen-bond acceptors (Lipinski definition) is 8. The summed E-state index contributed by atoms with van der Waals surface area (Å²) in [7, 11) is 0. The minimum absolute atomic E-state index is 0.0245. The Kier molecular flexibility index (Phi) is 7.43. The number of aromatic nitrogens is 2. The molecule has 1 aromatic carbocycles. The van der Waals surface area contributed by atoms with Gasteiger partial charge in [0.1, 0.15) is 10.8 Å². The smallest absolute Gasteiger partial charge is 0.248 e. The summed E-state index contributed by atoms with van der Waals surface area (Å²) in [5, 5.41) is 13.8. The van der Waals surface area contributed by atoms with Crippen molar-refractivity contribution in [2.45, 2.75) is 58.8 Å². The van der Waals surface area contributed by atoms with E-state index in [0.29, 0.717) is 12.0 Å². The molecule has 1 aliphatic heterocycles. The Morgan fingerprint density at radius 1 is 1.27 bits per heavy atom. The molecule has 0 atom stereocenters. The maximum absolute atomic E-state index is 11.7. The van der Waals surface area contributed by atoms with Crippen LogP contribution in [-0.2, 0) is 13.0 Å². The molecule has 2 aromatic heterocycles. The number of carbonyl (C=O) groups is 1. The van der Waals surface area contributed by atoms with Crippen LogP contribution in [0, 0.1) is 6.92 Å². The van der Waals surface area contributed by atoms with Gasteiger partial charge < -0.3 is 15.6 Å². The lowest BCUT2D eigenvalue weighted by atomic mass is 10.1. The number of aliphatic hydroxyl groups is 1. The molecule has 4 rings (SSSR count). The number of nitrogens with two attached hydrogens (primary N) is 1. The highest BCUT2D eigenvalue weighted by Crippen LogP contribution is 2.33. The molecular formula is C24H30N4O3S2. The van der Waals surface area contributed by atoms with Crippen LogP contribution in [0.5, 0.6) is 5.75 Å². The van der Waals surface area contributed by atoms with Gasteiger partial charge in [0.25, 0.3) is 0 Å². The Bertz CT molecular complexity index is 1120. The molecule has 0 unspecified atom stereocenters. The average molecular weight is 487 g/mol. The number of thiazole rings is 2. The van der Waals surface area contributed by atoms with Crippen molar-refractivity contribution in [2.75, 3.05) is 13.1 Å². The first kappa shape index (κ1) is 23.8. The summed E-state index contributed by atoms with van der Waals surface area (Å²) in [6, 6.07) is 5.30. The summed E-state index contributed by atoms with van der Waals surface area (Å²) >= 11 is 3.28. The number of aryl methyl sites for hydroxylation is 1. The number of carbonyl (C=O) groups excluding carboxylic acids is 1. The minimum Gasteiger partial charge on any atom is -0.491 e. The van der Waals surface area contributed by atoms with Gasteiger partial charge in [-0.1, -0.05) is 0 Å². The number of rotatable bonds is 8. The fourth-order valence-corrected chi connectivity index (χ4v) is 5.88. The molecule has 3 heterocycles. The lowest BCUT2D eigenvalue weighted by Gasteiger charge is -2.28. The zero-order valence-corrected chi connectivity index (χ0v) is 20.8. The van der Waals surface area contributed by atoms with E-state index in [1.165, 1.54) is 0 Å². The second kappa shape index (κ2) is 10.3. The number of piperidine rings is 1. The van der Waals surface area contributed by atoms with Gasteiger partial charge in [0.15, 0.2) is 0 Å². The number of ether oxygens (including phenoxy) is 1. The van der Waals surface area contributed by atoms with Gasteiger partial charge in [-0.25, -0.2) is 9.97 Å². The van der Waals surface area contributed by atoms with Gasteiger partial charge in [0.05, 0.1) is 40.0 Å². The molecule has 0 spiro atoms. The topological polar surface area (TPSA) is 102 Å². The molecule has 0 radical (unpaired) electrons. The summed E-state index contributed by atoms with van der Waals surface area (Å²) in [5.41, 5.74) is 8.77. The first-order chi connectivity index (χ1) is 15.8. The minimum atomic E-state index is -0.455. The van der Waals surface area contributed by atoms with Crippen LogP contribution in [-0.4, -0.2) is 51.2 Å². The van der Waals surface area contributed by atoms with E-state index in [-0.39, 0.29) is 12.2 Å². The Morgan fingerprint density at radius 3 is 2.73 bits per heavy atom. The van der Waals surface area contributed by atoms with Gasteiger partial charge in [-0.05, 0) is 51.8 Å². The molecule has 0 bridgehead atoms. The normalized spacial score (nSPS) is 15.3. The van der Waals surface area contributed by atoms with Crippen LogP contribution in [0.2, 0.25) is 0 Å². The van der Waals surface area contributed by atoms with Gasteiger partial charge in [-0.3, -0.25) is 9.69 Å². The third kappa shape index (κ3) is 5.97. The van der Waals surface area contributed by atoms with Crippen LogP contribution in [0.25, 0.3) is 10.6 Å². The number of hydrogen-bond donors (Lipinski definition) is 2. The summed E-state index contributed by atoms with van der Waals surface area (Å²) in [6.07, 6.45) is 2.07. The molecule has 7 nitrogen and oxygen atoms in total. The van der Waals surface area contributed by atoms with Crippen molar-refractivity contribution in [1.29, 1.82) is 0 Å². The highest BCUT2D eigenvalue weighted by atomic mass is 32.1. The van der Waals surface area contributed by atoms with Crippen LogP contribution in [0.3, 0.4) is 0 Å². The molecule has 1 aliphatic rings. The lowest BCUT2D eigenvalue weighted by molar-refractivity contribution is 0.0792. The zero-order valence-electron chi connectivity index (χ0n) is 19.2. The van der Waals surface area contributed by atoms with E-state index in [1.54, 1.807) is 34.8 Å². The molecule has 9 heteroatoms. The van der Waals surface area contributed by atoms with E-state index in [2.05, 4.69) is 10.3 Å². The standard InChI is InChI=1S/C24H30N4O3S2/c1-14(2)31-20-5-4-16(24(25)30)10-17(20)11-21-27-19(13-32-21)23-15(3)26-22(33-23)12-28-8-6-18(29)7-9-28/h4-5,10,13-14,18,29H,6-9,11-12H2,1-3H3,(H2,25,30). The van der Waals surface area contributed by atoms with Crippen LogP contribution in [0.4, 0.5) is 0 Å². The maximum atomic E-state index is 11.7. The van der Waals surface area contributed by atoms with Crippen molar-refractivity contribution < 1.29 is 14.6 Å². The van der Waals surface area contributed by atoms with Crippen LogP contribution in [0.1, 0.15) is 58.3 Å². The molecule has 1 saturated heterocycles. The second-order valence-corrected chi connectivity index (χ2v) is 10.7. The zero-order chi connectivity index (χ0) is 23.5. The number of amides is 1. The predicted octanol–water partition coefficient (Wildman–Crippen LogP) is 4.01. The van der Waals surface area contributed by atoms with Crippen molar-refractivity contribution in [3.05, 3.63) is 50.4 Å². The van der Waals surface area contributed by atoms with E-state index < -0.39 is 5.91 Å². The summed E-state index contributed by atoms with van der Waals surface area (Å²) in [4.78, 5) is 24.8. The molecule has 1 amide bonds. The molecule has 0 saturated carbocycles. The Balaban J connectivity index is 1.51. The number of nitrogens with zero attached hydrogens (tertiary/aromatic N) is 3. The second-order valence-electron chi connectivity index (χ2n) is 8.69. The average Bonchev–Trinajstić information content (AvgIpc) is 3.36. The van der Waals surface area contributed by atoms with Crippen molar-refractivity contribution >= 4 is 28.6 Å². The fraction of sp³-hybridized carbons (Fsp3) is 0.458. The summed E-state index contributed by atoms with van der Waals surface area (Å²) in [6.45, 7) is 8.60. The number of benzene rings is 1. The SMILES string of the molecule is Cc1nc(CN2CCC(O)CC2)sc1-c1csc(Cc2cc(C(N)=O)ccc2OC(C)C)n1. The number of primary amides is 1. The Labute approximate surface area is 202 Å². The van der Waals surface area contributed by atoms with Crippen molar-refractivity contribution in [3.63, 3.8) is 0 Å². The monoisotopic (exact) mass is 486 g/mol. The molecule has 33 heavy (non-hydrogen) atoms. The van der Waals surface area contributed by atoms with Gasteiger partial charge in [0.2, 0.25) is 5.91 Å². The number of aliphatic hydroxyl groups excluding tert-OH is 1. The quantitative estimate of drug-likeness (QED) is 0.499. The van der Waals surface area contributed by atoms with Gasteiger partial charge in [0, 0.05) is 36.0 Å². The molecule has 0 aliphatic carbocycles. The Morgan fingerprint density at radius 2 is 2.03 bits per heavy atom. The van der Waals surface area contributed by atoms with E-state index in [9.17, 15) is 9.90 Å². The van der Waals surface area contributed by atoms with E-state index in [4.69, 9.17) is 20.4 Å². The van der Waals surface area contributed by atoms with Gasteiger partial charge in [-0.15, -0.1) is 22.7 Å². The van der Waals surface area contributed by atoms with E-state index in [0.717, 1.165) is 70.1 Å². The first-order valence-corrected chi connectivity index (χ1v) is 12.9. The van der Waals surface area contributed by atoms with Crippen LogP contribution >= 0.6 is 22.7 Å². The Hall–Kier alpha value is -2.33. The molecule has 1 fully saturated rings. The third-order valence-electron chi connectivity index (χ3n) is 5.59. The summed E-state index contributed by atoms with van der Waals surface area (Å²) < 4.78 is 5.94. The molecule has 176 valence electrons. The molecule has 3 N–H and O–H groups in total. The fourth-order valence-electron chi connectivity index (χ4n) is 3.93. The van der Waals surface area contributed by atoms with Crippen molar-refractivity contribution in [3.8, 4) is 16.3 Å². The van der Waals surface area contributed by atoms with E-state index >= 15 is 0 Å². The molecular weight excluding hydrogens is 456 g/mol. The lowest BCUT2D eigenvalue weighted by Crippen LogP contribution is -2.35. The van der Waals surface area contributed by atoms with Crippen LogP contribution in [0.15, 0.2) is 23.6 Å². The largest absolute Gasteiger partial charge is 0.491 e. The van der Waals surface area contributed by atoms with E-state index in [1.807, 2.05) is 26.8 Å².